The zero-order valence-corrected chi connectivity index (χ0v) is 15.6. The first-order valence-corrected chi connectivity index (χ1v) is 9.12. The first-order chi connectivity index (χ1) is 14.2. The number of ether oxygens (including phenoxy) is 2. The molecule has 0 N–H and O–H groups in total. The lowest BCUT2D eigenvalue weighted by Gasteiger charge is -2.24. The molecule has 2 aromatic carbocycles. The van der Waals surface area contributed by atoms with E-state index in [2.05, 4.69) is 15.2 Å². The highest BCUT2D eigenvalue weighted by Gasteiger charge is 2.24. The summed E-state index contributed by atoms with van der Waals surface area (Å²) in [7, 11) is 1.41. The Balaban J connectivity index is 1.40. The van der Waals surface area contributed by atoms with Crippen LogP contribution >= 0.6 is 0 Å². The van der Waals surface area contributed by atoms with Gasteiger partial charge in [0.15, 0.2) is 17.3 Å². The van der Waals surface area contributed by atoms with Gasteiger partial charge in [0, 0.05) is 5.56 Å². The number of rotatable bonds is 4. The summed E-state index contributed by atoms with van der Waals surface area (Å²) in [5.41, 5.74) is 3.10. The van der Waals surface area contributed by atoms with Gasteiger partial charge in [-0.3, -0.25) is 4.68 Å². The second-order valence-corrected chi connectivity index (χ2v) is 6.69. The molecule has 29 heavy (non-hydrogen) atoms. The second kappa shape index (κ2) is 7.14. The molecule has 3 heterocycles. The summed E-state index contributed by atoms with van der Waals surface area (Å²) in [6, 6.07) is 16.4. The minimum atomic E-state index is -0.488. The van der Waals surface area contributed by atoms with Crippen molar-refractivity contribution in [3.05, 3.63) is 71.7 Å². The van der Waals surface area contributed by atoms with Gasteiger partial charge >= 0.3 is 0 Å². The van der Waals surface area contributed by atoms with Crippen LogP contribution in [0.15, 0.2) is 59.1 Å². The minimum absolute atomic E-state index is 0.0584. The number of hydrogen-bond acceptors (Lipinski definition) is 6. The van der Waals surface area contributed by atoms with Crippen molar-refractivity contribution in [2.45, 2.75) is 19.3 Å². The Kier molecular flexibility index (Phi) is 4.33. The Morgan fingerprint density at radius 3 is 2.79 bits per heavy atom. The van der Waals surface area contributed by atoms with Crippen LogP contribution in [0.3, 0.4) is 0 Å². The smallest absolute Gasteiger partial charge is 0.278 e. The molecular weight excluding hydrogens is 375 g/mol. The molecule has 2 aromatic heterocycles. The quantitative estimate of drug-likeness (QED) is 0.522. The van der Waals surface area contributed by atoms with Gasteiger partial charge in [-0.15, -0.1) is 0 Å². The van der Waals surface area contributed by atoms with E-state index in [-0.39, 0.29) is 23.6 Å². The summed E-state index contributed by atoms with van der Waals surface area (Å²) in [5, 5.41) is 8.55. The van der Waals surface area contributed by atoms with E-state index in [1.807, 2.05) is 41.1 Å². The zero-order valence-electron chi connectivity index (χ0n) is 15.6. The normalized spacial score (nSPS) is 15.9. The van der Waals surface area contributed by atoms with Gasteiger partial charge in [0.25, 0.3) is 5.89 Å². The molecule has 0 unspecified atom stereocenters. The molecule has 8 heteroatoms. The number of aromatic nitrogens is 4. The van der Waals surface area contributed by atoms with Crippen LogP contribution in [0.1, 0.15) is 17.4 Å². The molecule has 7 nitrogen and oxygen atoms in total. The zero-order chi connectivity index (χ0) is 19.8. The highest BCUT2D eigenvalue weighted by Crippen LogP contribution is 2.30. The maximum atomic E-state index is 14.0. The van der Waals surface area contributed by atoms with Crippen LogP contribution in [0.25, 0.3) is 23.0 Å². The third-order valence-electron chi connectivity index (χ3n) is 4.86. The van der Waals surface area contributed by atoms with E-state index < -0.39 is 5.82 Å². The van der Waals surface area contributed by atoms with E-state index >= 15 is 0 Å². The van der Waals surface area contributed by atoms with Gasteiger partial charge in [0.05, 0.1) is 26.0 Å². The van der Waals surface area contributed by atoms with Crippen molar-refractivity contribution >= 4 is 0 Å². The SMILES string of the molecule is COc1ccc(-c2noc(-c3cc4n(n3)C[C@@H](c3ccccc3)OC4)n2)cc1F. The Hall–Kier alpha value is -3.52. The molecule has 146 valence electrons. The fourth-order valence-electron chi connectivity index (χ4n) is 3.35. The number of fused-ring (bicyclic) bond motifs is 1. The van der Waals surface area contributed by atoms with Crippen molar-refractivity contribution in [1.82, 2.24) is 19.9 Å². The average molecular weight is 392 g/mol. The highest BCUT2D eigenvalue weighted by molar-refractivity contribution is 5.59. The third kappa shape index (κ3) is 3.27. The molecule has 0 aliphatic carbocycles. The van der Waals surface area contributed by atoms with Gasteiger partial charge in [-0.1, -0.05) is 35.5 Å². The van der Waals surface area contributed by atoms with Crippen LogP contribution in [-0.4, -0.2) is 27.0 Å². The summed E-state index contributed by atoms with van der Waals surface area (Å²) >= 11 is 0. The molecular formula is C21H17FN4O3. The molecule has 1 atom stereocenters. The molecule has 1 aliphatic heterocycles. The molecule has 5 rings (SSSR count). The lowest BCUT2D eigenvalue weighted by molar-refractivity contribution is -0.00113. The van der Waals surface area contributed by atoms with Gasteiger partial charge in [-0.05, 0) is 29.8 Å². The Morgan fingerprint density at radius 1 is 1.14 bits per heavy atom. The van der Waals surface area contributed by atoms with E-state index in [1.54, 1.807) is 6.07 Å². The van der Waals surface area contributed by atoms with Crippen LogP contribution in [0.2, 0.25) is 0 Å². The van der Waals surface area contributed by atoms with Crippen molar-refractivity contribution < 1.29 is 18.4 Å². The number of hydrogen-bond donors (Lipinski definition) is 0. The summed E-state index contributed by atoms with van der Waals surface area (Å²) in [4.78, 5) is 4.37. The topological polar surface area (TPSA) is 75.2 Å². The molecule has 0 saturated carbocycles. The molecule has 0 bridgehead atoms. The standard InChI is InChI=1S/C21H17FN4O3/c1-27-18-8-7-14(9-16(18)22)20-23-21(29-25-20)17-10-15-12-28-19(11-26(15)24-17)13-5-3-2-4-6-13/h2-10,19H,11-12H2,1H3/t19-/m0/s1. The number of benzene rings is 2. The van der Waals surface area contributed by atoms with Crippen LogP contribution in [0.4, 0.5) is 4.39 Å². The number of nitrogens with zero attached hydrogens (tertiary/aromatic N) is 4. The van der Waals surface area contributed by atoms with Gasteiger partial charge in [-0.25, -0.2) is 4.39 Å². The number of halogens is 1. The monoisotopic (exact) mass is 392 g/mol. The van der Waals surface area contributed by atoms with Gasteiger partial charge in [0.1, 0.15) is 6.10 Å². The maximum Gasteiger partial charge on any atom is 0.278 e. The molecule has 0 radical (unpaired) electrons. The first-order valence-electron chi connectivity index (χ1n) is 9.12. The van der Waals surface area contributed by atoms with E-state index in [9.17, 15) is 4.39 Å². The lowest BCUT2D eigenvalue weighted by Crippen LogP contribution is -2.21. The Bertz CT molecular complexity index is 1160. The van der Waals surface area contributed by atoms with E-state index in [1.165, 1.54) is 19.2 Å². The fraction of sp³-hybridized carbons (Fsp3) is 0.190. The van der Waals surface area contributed by atoms with E-state index in [4.69, 9.17) is 14.0 Å². The molecule has 4 aromatic rings. The lowest BCUT2D eigenvalue weighted by atomic mass is 10.1. The summed E-state index contributed by atoms with van der Waals surface area (Å²) in [5.74, 6) is 0.227. The molecule has 0 saturated heterocycles. The molecule has 0 fully saturated rings. The average Bonchev–Trinajstić information content (AvgIpc) is 3.41. The van der Waals surface area contributed by atoms with Crippen molar-refractivity contribution in [1.29, 1.82) is 0 Å². The van der Waals surface area contributed by atoms with E-state index in [0.29, 0.717) is 24.4 Å². The summed E-state index contributed by atoms with van der Waals surface area (Å²) in [6.07, 6.45) is -0.0584. The van der Waals surface area contributed by atoms with Crippen LogP contribution in [-0.2, 0) is 17.9 Å². The van der Waals surface area contributed by atoms with E-state index in [0.717, 1.165) is 11.3 Å². The fourth-order valence-corrected chi connectivity index (χ4v) is 3.35. The summed E-state index contributed by atoms with van der Waals surface area (Å²) < 4.78 is 32.1. The van der Waals surface area contributed by atoms with Crippen LogP contribution < -0.4 is 4.74 Å². The van der Waals surface area contributed by atoms with Gasteiger partial charge < -0.3 is 14.0 Å². The highest BCUT2D eigenvalue weighted by atomic mass is 19.1. The molecule has 1 aliphatic rings. The molecule has 0 amide bonds. The predicted molar refractivity (Wildman–Crippen MR) is 101 cm³/mol. The maximum absolute atomic E-state index is 14.0. The van der Waals surface area contributed by atoms with Crippen molar-refractivity contribution in [3.63, 3.8) is 0 Å². The van der Waals surface area contributed by atoms with Crippen molar-refractivity contribution in [2.75, 3.05) is 7.11 Å². The van der Waals surface area contributed by atoms with Gasteiger partial charge in [0.2, 0.25) is 5.82 Å². The Morgan fingerprint density at radius 2 is 2.00 bits per heavy atom. The molecule has 0 spiro atoms. The van der Waals surface area contributed by atoms with Crippen molar-refractivity contribution in [3.8, 4) is 28.7 Å². The van der Waals surface area contributed by atoms with Crippen molar-refractivity contribution in [2.24, 2.45) is 0 Å². The van der Waals surface area contributed by atoms with Crippen LogP contribution in [0, 0.1) is 5.82 Å². The second-order valence-electron chi connectivity index (χ2n) is 6.69. The van der Waals surface area contributed by atoms with Gasteiger partial charge in [-0.2, -0.15) is 10.1 Å². The first kappa shape index (κ1) is 17.6. The largest absolute Gasteiger partial charge is 0.494 e. The Labute approximate surface area is 165 Å². The third-order valence-corrected chi connectivity index (χ3v) is 4.86. The predicted octanol–water partition coefficient (Wildman–Crippen LogP) is 4.02. The van der Waals surface area contributed by atoms with Crippen LogP contribution in [0.5, 0.6) is 5.75 Å². The number of methoxy groups -OCH3 is 1. The summed E-state index contributed by atoms with van der Waals surface area (Å²) in [6.45, 7) is 1.04. The minimum Gasteiger partial charge on any atom is -0.494 e.